The van der Waals surface area contributed by atoms with Crippen molar-refractivity contribution in [2.75, 3.05) is 0 Å². The maximum Gasteiger partial charge on any atom is 0.433 e. The Kier molecular flexibility index (Phi) is 3.60. The number of halogens is 2. The summed E-state index contributed by atoms with van der Waals surface area (Å²) in [5, 5.41) is 12.4. The van der Waals surface area contributed by atoms with E-state index in [-0.39, 0.29) is 11.6 Å². The van der Waals surface area contributed by atoms with Gasteiger partial charge in [0, 0.05) is 16.0 Å². The number of fused-ring (bicyclic) bond motifs is 1. The molecule has 0 saturated carbocycles. The Morgan fingerprint density at radius 3 is 2.68 bits per heavy atom. The number of benzene rings is 1. The summed E-state index contributed by atoms with van der Waals surface area (Å²) in [6.45, 7) is 3.87. The van der Waals surface area contributed by atoms with Crippen LogP contribution in [0.3, 0.4) is 0 Å². The highest BCUT2D eigenvalue weighted by Crippen LogP contribution is 2.31. The van der Waals surface area contributed by atoms with E-state index in [4.69, 9.17) is 27.6 Å². The van der Waals surface area contributed by atoms with E-state index < -0.39 is 4.92 Å². The molecule has 0 atom stereocenters. The molecule has 2 heterocycles. The minimum absolute atomic E-state index is 0.261. The van der Waals surface area contributed by atoms with Crippen molar-refractivity contribution in [3.8, 4) is 0 Å². The van der Waals surface area contributed by atoms with E-state index in [0.717, 1.165) is 5.39 Å². The van der Waals surface area contributed by atoms with Crippen molar-refractivity contribution in [2.24, 2.45) is 0 Å². The van der Waals surface area contributed by atoms with Crippen molar-refractivity contribution in [1.82, 2.24) is 4.98 Å². The minimum atomic E-state index is -0.614. The fourth-order valence-corrected chi connectivity index (χ4v) is 2.46. The Hall–Kier alpha value is -2.37. The molecule has 0 spiro atoms. The van der Waals surface area contributed by atoms with Crippen LogP contribution >= 0.6 is 23.2 Å². The minimum Gasteiger partial charge on any atom is -0.401 e. The van der Waals surface area contributed by atoms with Crippen LogP contribution in [0.4, 0.5) is 5.88 Å². The van der Waals surface area contributed by atoms with Gasteiger partial charge in [-0.15, -0.1) is 0 Å². The molecule has 0 saturated heterocycles. The van der Waals surface area contributed by atoms with E-state index in [2.05, 4.69) is 11.6 Å². The zero-order valence-electron chi connectivity index (χ0n) is 11.0. The van der Waals surface area contributed by atoms with E-state index in [1.54, 1.807) is 24.3 Å². The summed E-state index contributed by atoms with van der Waals surface area (Å²) >= 11 is 12.2. The largest absolute Gasteiger partial charge is 0.433 e. The fourth-order valence-electron chi connectivity index (χ4n) is 2.03. The number of nitro groups is 1. The molecular formula is C15H8Cl2N2O3. The number of aromatic nitrogens is 1. The predicted octanol–water partition coefficient (Wildman–Crippen LogP) is 5.10. The maximum absolute atomic E-state index is 10.7. The van der Waals surface area contributed by atoms with E-state index in [9.17, 15) is 10.1 Å². The van der Waals surface area contributed by atoms with Crippen LogP contribution in [0.2, 0.25) is 10.0 Å². The summed E-state index contributed by atoms with van der Waals surface area (Å²) < 4.78 is 5.13. The molecule has 22 heavy (non-hydrogen) atoms. The highest BCUT2D eigenvalue weighted by molar-refractivity contribution is 6.36. The lowest BCUT2D eigenvalue weighted by atomic mass is 10.1. The average Bonchev–Trinajstić information content (AvgIpc) is 2.95. The van der Waals surface area contributed by atoms with Gasteiger partial charge in [-0.25, -0.2) is 4.98 Å². The van der Waals surface area contributed by atoms with Crippen LogP contribution in [0.15, 0.2) is 47.4 Å². The summed E-state index contributed by atoms with van der Waals surface area (Å²) in [5.41, 5.74) is 1.47. The quantitative estimate of drug-likeness (QED) is 0.493. The van der Waals surface area contributed by atoms with Gasteiger partial charge in [-0.05, 0) is 30.3 Å². The van der Waals surface area contributed by atoms with Crippen LogP contribution in [0.5, 0.6) is 0 Å². The summed E-state index contributed by atoms with van der Waals surface area (Å²) in [6.07, 6.45) is 0. The third kappa shape index (κ3) is 2.56. The maximum atomic E-state index is 10.7. The average molecular weight is 335 g/mol. The molecular weight excluding hydrogens is 327 g/mol. The van der Waals surface area contributed by atoms with Gasteiger partial charge in [0.1, 0.15) is 10.7 Å². The molecule has 7 heteroatoms. The number of hydrogen-bond donors (Lipinski definition) is 0. The van der Waals surface area contributed by atoms with Crippen molar-refractivity contribution in [2.45, 2.75) is 0 Å². The Bertz CT molecular complexity index is 918. The monoisotopic (exact) mass is 334 g/mol. The van der Waals surface area contributed by atoms with Gasteiger partial charge in [-0.3, -0.25) is 10.1 Å². The van der Waals surface area contributed by atoms with Gasteiger partial charge in [0.2, 0.25) is 0 Å². The van der Waals surface area contributed by atoms with Gasteiger partial charge >= 0.3 is 5.88 Å². The molecule has 0 radical (unpaired) electrons. The van der Waals surface area contributed by atoms with Crippen LogP contribution in [-0.2, 0) is 0 Å². The number of hydrogen-bond acceptors (Lipinski definition) is 4. The summed E-state index contributed by atoms with van der Waals surface area (Å²) in [7, 11) is 0. The van der Waals surface area contributed by atoms with E-state index >= 15 is 0 Å². The molecule has 3 rings (SSSR count). The molecule has 110 valence electrons. The molecule has 3 aromatic rings. The third-order valence-electron chi connectivity index (χ3n) is 3.10. The lowest BCUT2D eigenvalue weighted by molar-refractivity contribution is -0.402. The standard InChI is InChI=1S/C15H8Cl2N2O3/c1-8(14-4-5-15(22-14)19(20)21)12-7-11(17)10-3-2-9(16)6-13(10)18-12/h2-7H,1H2. The van der Waals surface area contributed by atoms with Crippen LogP contribution in [-0.4, -0.2) is 9.91 Å². The first kappa shape index (κ1) is 14.6. The molecule has 0 aliphatic carbocycles. The first-order valence-electron chi connectivity index (χ1n) is 6.15. The summed E-state index contributed by atoms with van der Waals surface area (Å²) in [5.74, 6) is -0.0947. The molecule has 0 N–H and O–H groups in total. The Balaban J connectivity index is 2.08. The van der Waals surface area contributed by atoms with Crippen molar-refractivity contribution in [3.63, 3.8) is 0 Å². The smallest absolute Gasteiger partial charge is 0.401 e. The SMILES string of the molecule is C=C(c1cc(Cl)c2ccc(Cl)cc2n1)c1ccc([N+](=O)[O-])o1. The summed E-state index contributed by atoms with van der Waals surface area (Å²) in [4.78, 5) is 14.5. The molecule has 0 bridgehead atoms. The zero-order chi connectivity index (χ0) is 15.9. The van der Waals surface area contributed by atoms with Gasteiger partial charge in [0.15, 0.2) is 0 Å². The lowest BCUT2D eigenvalue weighted by Gasteiger charge is -2.06. The number of rotatable bonds is 3. The van der Waals surface area contributed by atoms with Crippen LogP contribution < -0.4 is 0 Å². The topological polar surface area (TPSA) is 69.2 Å². The molecule has 0 amide bonds. The van der Waals surface area contributed by atoms with Crippen molar-refractivity contribution >= 4 is 45.6 Å². The first-order valence-corrected chi connectivity index (χ1v) is 6.91. The molecule has 1 aromatic carbocycles. The molecule has 0 aliphatic heterocycles. The van der Waals surface area contributed by atoms with Crippen LogP contribution in [0, 0.1) is 10.1 Å². The second kappa shape index (κ2) is 5.44. The first-order chi connectivity index (χ1) is 10.5. The Morgan fingerprint density at radius 2 is 2.00 bits per heavy atom. The van der Waals surface area contributed by atoms with Crippen molar-refractivity contribution < 1.29 is 9.34 Å². The number of furan rings is 1. The van der Waals surface area contributed by atoms with Gasteiger partial charge < -0.3 is 4.42 Å². The fraction of sp³-hybridized carbons (Fsp3) is 0. The van der Waals surface area contributed by atoms with Gasteiger partial charge in [-0.1, -0.05) is 29.8 Å². The van der Waals surface area contributed by atoms with E-state index in [0.29, 0.717) is 26.8 Å². The number of nitrogens with zero attached hydrogens (tertiary/aromatic N) is 2. The predicted molar refractivity (Wildman–Crippen MR) is 85.3 cm³/mol. The molecule has 0 aliphatic rings. The zero-order valence-corrected chi connectivity index (χ0v) is 12.6. The van der Waals surface area contributed by atoms with Crippen molar-refractivity contribution in [3.05, 3.63) is 74.6 Å². The molecule has 0 unspecified atom stereocenters. The highest BCUT2D eigenvalue weighted by Gasteiger charge is 2.16. The Morgan fingerprint density at radius 1 is 1.23 bits per heavy atom. The van der Waals surface area contributed by atoms with Gasteiger partial charge in [0.25, 0.3) is 0 Å². The molecule has 0 fully saturated rings. The molecule has 5 nitrogen and oxygen atoms in total. The molecule has 2 aromatic heterocycles. The third-order valence-corrected chi connectivity index (χ3v) is 3.65. The lowest BCUT2D eigenvalue weighted by Crippen LogP contribution is -1.91. The number of pyridine rings is 1. The second-order valence-electron chi connectivity index (χ2n) is 4.52. The van der Waals surface area contributed by atoms with E-state index in [1.807, 2.05) is 0 Å². The summed E-state index contributed by atoms with van der Waals surface area (Å²) in [6, 6.07) is 9.55. The van der Waals surface area contributed by atoms with Crippen LogP contribution in [0.25, 0.3) is 16.5 Å². The van der Waals surface area contributed by atoms with E-state index in [1.165, 1.54) is 12.1 Å². The normalized spacial score (nSPS) is 10.8. The highest BCUT2D eigenvalue weighted by atomic mass is 35.5. The van der Waals surface area contributed by atoms with Gasteiger partial charge in [0.05, 0.1) is 22.3 Å². The van der Waals surface area contributed by atoms with Crippen molar-refractivity contribution in [1.29, 1.82) is 0 Å². The Labute approximate surface area is 134 Å². The second-order valence-corrected chi connectivity index (χ2v) is 5.37. The van der Waals surface area contributed by atoms with Crippen LogP contribution in [0.1, 0.15) is 11.5 Å². The van der Waals surface area contributed by atoms with Gasteiger partial charge in [-0.2, -0.15) is 0 Å².